The smallest absolute Gasteiger partial charge is 0.293 e. The molecule has 178 valence electrons. The van der Waals surface area contributed by atoms with E-state index in [1.54, 1.807) is 60.7 Å². The van der Waals surface area contributed by atoms with Crippen LogP contribution in [0.25, 0.3) is 0 Å². The summed E-state index contributed by atoms with van der Waals surface area (Å²) in [6, 6.07) is 17.1. The minimum absolute atomic E-state index is 0.0618. The Morgan fingerprint density at radius 3 is 2.18 bits per heavy atom. The molecule has 0 saturated carbocycles. The molecule has 0 fully saturated rings. The summed E-state index contributed by atoms with van der Waals surface area (Å²) in [7, 11) is 4.58. The van der Waals surface area contributed by atoms with Crippen LogP contribution in [0.2, 0.25) is 0 Å². The Morgan fingerprint density at radius 2 is 1.62 bits per heavy atom. The fourth-order valence-electron chi connectivity index (χ4n) is 3.39. The van der Waals surface area contributed by atoms with Gasteiger partial charge in [-0.15, -0.1) is 0 Å². The zero-order valence-electron chi connectivity index (χ0n) is 19.2. The van der Waals surface area contributed by atoms with Crippen LogP contribution < -0.4 is 30.6 Å². The first-order valence-corrected chi connectivity index (χ1v) is 10.4. The van der Waals surface area contributed by atoms with Gasteiger partial charge in [0.1, 0.15) is 6.61 Å². The molecule has 34 heavy (non-hydrogen) atoms. The SMILES string of the molecule is COc1cc(NC(COC=O)c2ccc(C(=O)Nc3ccccc3N)cc2)cc(OC)c1OC. The highest BCUT2D eigenvalue weighted by Gasteiger charge is 2.18. The Bertz CT molecular complexity index is 1110. The van der Waals surface area contributed by atoms with Crippen LogP contribution in [-0.4, -0.2) is 40.3 Å². The molecule has 1 atom stereocenters. The monoisotopic (exact) mass is 465 g/mol. The Morgan fingerprint density at radius 1 is 0.971 bits per heavy atom. The molecule has 4 N–H and O–H groups in total. The Hall–Kier alpha value is -4.40. The molecule has 0 spiro atoms. The van der Waals surface area contributed by atoms with E-state index in [0.29, 0.717) is 46.3 Å². The Labute approximate surface area is 197 Å². The number of nitrogen functional groups attached to an aromatic ring is 1. The first-order valence-electron chi connectivity index (χ1n) is 10.4. The molecule has 0 heterocycles. The van der Waals surface area contributed by atoms with Gasteiger partial charge in [-0.25, -0.2) is 0 Å². The van der Waals surface area contributed by atoms with E-state index in [9.17, 15) is 9.59 Å². The summed E-state index contributed by atoms with van der Waals surface area (Å²) < 4.78 is 21.2. The van der Waals surface area contributed by atoms with Gasteiger partial charge in [0.15, 0.2) is 11.5 Å². The maximum Gasteiger partial charge on any atom is 0.293 e. The van der Waals surface area contributed by atoms with Crippen LogP contribution in [0.15, 0.2) is 60.7 Å². The number of benzene rings is 3. The standard InChI is InChI=1S/C25H27N3O6/c1-31-22-12-18(13-23(32-2)24(22)33-3)27-21(14-34-15-29)16-8-10-17(11-9-16)25(30)28-20-7-5-4-6-19(20)26/h4-13,15,21,27H,14,26H2,1-3H3,(H,28,30). The molecule has 3 rings (SSSR count). The maximum absolute atomic E-state index is 12.6. The number of amides is 1. The predicted molar refractivity (Wildman–Crippen MR) is 130 cm³/mol. The topological polar surface area (TPSA) is 121 Å². The highest BCUT2D eigenvalue weighted by Crippen LogP contribution is 2.40. The highest BCUT2D eigenvalue weighted by atomic mass is 16.5. The molecule has 0 saturated heterocycles. The molecular formula is C25H27N3O6. The van der Waals surface area contributed by atoms with E-state index < -0.39 is 6.04 Å². The fourth-order valence-corrected chi connectivity index (χ4v) is 3.39. The summed E-state index contributed by atoms with van der Waals surface area (Å²) >= 11 is 0. The minimum Gasteiger partial charge on any atom is -0.493 e. The highest BCUT2D eigenvalue weighted by molar-refractivity contribution is 6.05. The first kappa shape index (κ1) is 24.2. The molecule has 3 aromatic carbocycles. The molecule has 0 radical (unpaired) electrons. The van der Waals surface area contributed by atoms with Crippen molar-refractivity contribution in [3.05, 3.63) is 71.8 Å². The van der Waals surface area contributed by atoms with Gasteiger partial charge in [-0.05, 0) is 29.8 Å². The van der Waals surface area contributed by atoms with Gasteiger partial charge in [0, 0.05) is 23.4 Å². The van der Waals surface area contributed by atoms with Gasteiger partial charge in [0.2, 0.25) is 5.75 Å². The van der Waals surface area contributed by atoms with Gasteiger partial charge in [-0.2, -0.15) is 0 Å². The zero-order chi connectivity index (χ0) is 24.5. The number of anilines is 3. The molecule has 9 nitrogen and oxygen atoms in total. The molecule has 9 heteroatoms. The third-order valence-corrected chi connectivity index (χ3v) is 5.12. The van der Waals surface area contributed by atoms with E-state index in [1.807, 2.05) is 0 Å². The summed E-state index contributed by atoms with van der Waals surface area (Å²) in [6.45, 7) is 0.447. The van der Waals surface area contributed by atoms with Gasteiger partial charge >= 0.3 is 0 Å². The van der Waals surface area contributed by atoms with Crippen LogP contribution in [0.4, 0.5) is 17.1 Å². The van der Waals surface area contributed by atoms with Crippen molar-refractivity contribution in [3.63, 3.8) is 0 Å². The van der Waals surface area contributed by atoms with Gasteiger partial charge in [0.25, 0.3) is 12.4 Å². The summed E-state index contributed by atoms with van der Waals surface area (Å²) in [5, 5.41) is 6.11. The summed E-state index contributed by atoms with van der Waals surface area (Å²) in [5.41, 5.74) is 8.83. The fraction of sp³-hybridized carbons (Fsp3) is 0.200. The quantitative estimate of drug-likeness (QED) is 0.288. The third kappa shape index (κ3) is 5.69. The van der Waals surface area contributed by atoms with Crippen LogP contribution in [0, 0.1) is 0 Å². The second kappa shape index (κ2) is 11.5. The number of rotatable bonds is 11. The normalized spacial score (nSPS) is 11.1. The van der Waals surface area contributed by atoms with Gasteiger partial charge in [-0.1, -0.05) is 24.3 Å². The lowest BCUT2D eigenvalue weighted by molar-refractivity contribution is -0.129. The van der Waals surface area contributed by atoms with E-state index in [4.69, 9.17) is 24.7 Å². The van der Waals surface area contributed by atoms with Crippen LogP contribution in [0.1, 0.15) is 22.0 Å². The number of ether oxygens (including phenoxy) is 4. The number of hydrogen-bond acceptors (Lipinski definition) is 8. The Kier molecular flexibility index (Phi) is 8.17. The molecule has 1 amide bonds. The van der Waals surface area contributed by atoms with Crippen LogP contribution >= 0.6 is 0 Å². The average Bonchev–Trinajstić information content (AvgIpc) is 2.87. The van der Waals surface area contributed by atoms with Crippen LogP contribution in [0.3, 0.4) is 0 Å². The van der Waals surface area contributed by atoms with E-state index in [1.165, 1.54) is 21.3 Å². The molecule has 0 aromatic heterocycles. The molecular weight excluding hydrogens is 438 g/mol. The number of hydrogen-bond donors (Lipinski definition) is 3. The zero-order valence-corrected chi connectivity index (χ0v) is 19.2. The van der Waals surface area contributed by atoms with E-state index >= 15 is 0 Å². The number of carbonyl (C=O) groups is 2. The van der Waals surface area contributed by atoms with Crippen molar-refractivity contribution in [2.75, 3.05) is 44.3 Å². The molecule has 3 aromatic rings. The van der Waals surface area contributed by atoms with Crippen molar-refractivity contribution in [1.29, 1.82) is 0 Å². The van der Waals surface area contributed by atoms with Crippen molar-refractivity contribution in [2.24, 2.45) is 0 Å². The third-order valence-electron chi connectivity index (χ3n) is 5.12. The maximum atomic E-state index is 12.6. The molecule has 0 aliphatic heterocycles. The van der Waals surface area contributed by atoms with Crippen molar-refractivity contribution < 1.29 is 28.5 Å². The number of nitrogens with two attached hydrogens (primary N) is 1. The van der Waals surface area contributed by atoms with Crippen LogP contribution in [0.5, 0.6) is 17.2 Å². The van der Waals surface area contributed by atoms with Crippen LogP contribution in [-0.2, 0) is 9.53 Å². The largest absolute Gasteiger partial charge is 0.493 e. The molecule has 0 bridgehead atoms. The van der Waals surface area contributed by atoms with E-state index in [2.05, 4.69) is 10.6 Å². The lowest BCUT2D eigenvalue weighted by atomic mass is 10.0. The van der Waals surface area contributed by atoms with Gasteiger partial charge in [0.05, 0.1) is 38.7 Å². The van der Waals surface area contributed by atoms with Gasteiger partial charge < -0.3 is 35.3 Å². The second-order valence-corrected chi connectivity index (χ2v) is 7.20. The number of methoxy groups -OCH3 is 3. The lowest BCUT2D eigenvalue weighted by Gasteiger charge is -2.21. The van der Waals surface area contributed by atoms with Crippen molar-refractivity contribution >= 4 is 29.4 Å². The first-order chi connectivity index (χ1) is 16.5. The molecule has 0 aliphatic carbocycles. The number of nitrogens with one attached hydrogen (secondary N) is 2. The lowest BCUT2D eigenvalue weighted by Crippen LogP contribution is -2.18. The van der Waals surface area contributed by atoms with Crippen molar-refractivity contribution in [3.8, 4) is 17.2 Å². The van der Waals surface area contributed by atoms with E-state index in [-0.39, 0.29) is 12.5 Å². The number of carbonyl (C=O) groups excluding carboxylic acids is 2. The van der Waals surface area contributed by atoms with Gasteiger partial charge in [-0.3, -0.25) is 9.59 Å². The second-order valence-electron chi connectivity index (χ2n) is 7.20. The summed E-state index contributed by atoms with van der Waals surface area (Å²) in [6.07, 6.45) is 0. The minimum atomic E-state index is -0.408. The van der Waals surface area contributed by atoms with Crippen molar-refractivity contribution in [1.82, 2.24) is 0 Å². The molecule has 0 aliphatic rings. The predicted octanol–water partition coefficient (Wildman–Crippen LogP) is 3.87. The van der Waals surface area contributed by atoms with Crippen molar-refractivity contribution in [2.45, 2.75) is 6.04 Å². The number of para-hydroxylation sites is 2. The Balaban J connectivity index is 1.82. The average molecular weight is 466 g/mol. The summed E-state index contributed by atoms with van der Waals surface area (Å²) in [4.78, 5) is 23.5. The molecule has 1 unspecified atom stereocenters. The summed E-state index contributed by atoms with van der Waals surface area (Å²) in [5.74, 6) is 1.13. The van der Waals surface area contributed by atoms with E-state index in [0.717, 1.165) is 5.56 Å².